The van der Waals surface area contributed by atoms with Gasteiger partial charge in [-0.2, -0.15) is 0 Å². The number of carbonyl (C=O) groups excluding carboxylic acids is 2. The van der Waals surface area contributed by atoms with Crippen LogP contribution in [0, 0.1) is 23.2 Å². The summed E-state index contributed by atoms with van der Waals surface area (Å²) >= 11 is 6.19. The first kappa shape index (κ1) is 19.7. The highest BCUT2D eigenvalue weighted by molar-refractivity contribution is 6.31. The van der Waals surface area contributed by atoms with Gasteiger partial charge in [0.15, 0.2) is 0 Å². The summed E-state index contributed by atoms with van der Waals surface area (Å²) in [4.78, 5) is 31.4. The van der Waals surface area contributed by atoms with Gasteiger partial charge in [0, 0.05) is 65.1 Å². The SMILES string of the molecule is O=C(CCNC(=O)C12CC3CC(CC(C3)C1)C2)N1CCc2[nH]c3ccc(Cl)cc3c2C1. The predicted molar refractivity (Wildman–Crippen MR) is 121 cm³/mol. The van der Waals surface area contributed by atoms with Crippen molar-refractivity contribution in [2.75, 3.05) is 13.1 Å². The van der Waals surface area contributed by atoms with E-state index in [1.807, 2.05) is 23.1 Å². The minimum absolute atomic E-state index is 0.118. The fourth-order valence-electron chi connectivity index (χ4n) is 7.42. The topological polar surface area (TPSA) is 65.2 Å². The molecule has 0 saturated heterocycles. The molecule has 4 fully saturated rings. The molecular formula is C25H30ClN3O2. The Labute approximate surface area is 187 Å². The Morgan fingerprint density at radius 3 is 2.55 bits per heavy atom. The van der Waals surface area contributed by atoms with Gasteiger partial charge in [-0.05, 0) is 74.5 Å². The van der Waals surface area contributed by atoms with Crippen molar-refractivity contribution in [2.24, 2.45) is 23.2 Å². The van der Waals surface area contributed by atoms with E-state index in [9.17, 15) is 9.59 Å². The van der Waals surface area contributed by atoms with Gasteiger partial charge < -0.3 is 15.2 Å². The lowest BCUT2D eigenvalue weighted by molar-refractivity contribution is -0.146. The molecule has 2 N–H and O–H groups in total. The lowest BCUT2D eigenvalue weighted by Crippen LogP contribution is -2.53. The van der Waals surface area contributed by atoms with Crippen LogP contribution in [0.25, 0.3) is 10.9 Å². The number of H-pyrrole nitrogens is 1. The molecule has 5 aliphatic rings. The van der Waals surface area contributed by atoms with Crippen LogP contribution in [0.1, 0.15) is 56.2 Å². The highest BCUT2D eigenvalue weighted by atomic mass is 35.5. The van der Waals surface area contributed by atoms with E-state index in [-0.39, 0.29) is 17.2 Å². The summed E-state index contributed by atoms with van der Waals surface area (Å²) in [5.41, 5.74) is 3.32. The third-order valence-electron chi connectivity index (χ3n) is 8.43. The molecule has 5 nitrogen and oxygen atoms in total. The van der Waals surface area contributed by atoms with Crippen LogP contribution in [0.2, 0.25) is 5.02 Å². The monoisotopic (exact) mass is 439 g/mol. The van der Waals surface area contributed by atoms with Crippen molar-refractivity contribution in [1.29, 1.82) is 0 Å². The van der Waals surface area contributed by atoms with Gasteiger partial charge in [-0.15, -0.1) is 0 Å². The fraction of sp³-hybridized carbons (Fsp3) is 0.600. The number of aromatic amines is 1. The van der Waals surface area contributed by atoms with E-state index in [4.69, 9.17) is 11.6 Å². The van der Waals surface area contributed by atoms with Crippen LogP contribution in [0.5, 0.6) is 0 Å². The smallest absolute Gasteiger partial charge is 0.226 e. The molecule has 2 heterocycles. The van der Waals surface area contributed by atoms with Crippen molar-refractivity contribution in [3.8, 4) is 0 Å². The summed E-state index contributed by atoms with van der Waals surface area (Å²) in [6, 6.07) is 5.87. The third-order valence-corrected chi connectivity index (χ3v) is 8.67. The zero-order chi connectivity index (χ0) is 21.2. The number of hydrogen-bond donors (Lipinski definition) is 2. The maximum Gasteiger partial charge on any atom is 0.226 e. The van der Waals surface area contributed by atoms with Crippen molar-refractivity contribution in [3.05, 3.63) is 34.5 Å². The summed E-state index contributed by atoms with van der Waals surface area (Å²) < 4.78 is 0. The van der Waals surface area contributed by atoms with E-state index in [0.717, 1.165) is 60.9 Å². The van der Waals surface area contributed by atoms with Crippen LogP contribution < -0.4 is 5.32 Å². The number of nitrogens with zero attached hydrogens (tertiary/aromatic N) is 1. The Kier molecular flexibility index (Phi) is 4.60. The number of amides is 2. The molecule has 4 aliphatic carbocycles. The maximum atomic E-state index is 13.1. The van der Waals surface area contributed by atoms with Gasteiger partial charge in [-0.25, -0.2) is 0 Å². The van der Waals surface area contributed by atoms with Crippen LogP contribution in [0.4, 0.5) is 0 Å². The number of fused-ring (bicyclic) bond motifs is 3. The first-order valence-corrected chi connectivity index (χ1v) is 12.2. The largest absolute Gasteiger partial charge is 0.358 e. The van der Waals surface area contributed by atoms with Gasteiger partial charge in [0.2, 0.25) is 11.8 Å². The number of nitrogens with one attached hydrogen (secondary N) is 2. The molecule has 1 aromatic heterocycles. The molecular weight excluding hydrogens is 410 g/mol. The molecule has 0 unspecified atom stereocenters. The van der Waals surface area contributed by atoms with Crippen molar-refractivity contribution < 1.29 is 9.59 Å². The zero-order valence-corrected chi connectivity index (χ0v) is 18.6. The van der Waals surface area contributed by atoms with E-state index in [2.05, 4.69) is 10.3 Å². The summed E-state index contributed by atoms with van der Waals surface area (Å²) in [5, 5.41) is 4.97. The Hall–Kier alpha value is -2.01. The number of hydrogen-bond acceptors (Lipinski definition) is 2. The van der Waals surface area contributed by atoms with Crippen LogP contribution >= 0.6 is 11.6 Å². The Balaban J connectivity index is 1.07. The van der Waals surface area contributed by atoms with Gasteiger partial charge in [0.05, 0.1) is 0 Å². The third kappa shape index (κ3) is 3.36. The van der Waals surface area contributed by atoms with Crippen molar-refractivity contribution in [3.63, 3.8) is 0 Å². The van der Waals surface area contributed by atoms with Crippen molar-refractivity contribution in [2.45, 2.75) is 57.9 Å². The first-order valence-electron chi connectivity index (χ1n) is 11.8. The predicted octanol–water partition coefficient (Wildman–Crippen LogP) is 4.43. The van der Waals surface area contributed by atoms with E-state index in [0.29, 0.717) is 24.5 Å². The molecule has 2 amide bonds. The molecule has 0 spiro atoms. The second-order valence-corrected chi connectivity index (χ2v) is 11.0. The van der Waals surface area contributed by atoms with E-state index in [1.54, 1.807) is 0 Å². The second-order valence-electron chi connectivity index (χ2n) is 10.5. The number of rotatable bonds is 4. The molecule has 4 bridgehead atoms. The van der Waals surface area contributed by atoms with Crippen LogP contribution in [-0.2, 0) is 22.6 Å². The molecule has 1 aliphatic heterocycles. The Morgan fingerprint density at radius 1 is 1.13 bits per heavy atom. The van der Waals surface area contributed by atoms with Crippen LogP contribution in [0.15, 0.2) is 18.2 Å². The minimum Gasteiger partial charge on any atom is -0.358 e. The van der Waals surface area contributed by atoms with E-state index in [1.165, 1.54) is 30.5 Å². The summed E-state index contributed by atoms with van der Waals surface area (Å²) in [6.45, 7) is 1.77. The fourth-order valence-corrected chi connectivity index (χ4v) is 7.59. The van der Waals surface area contributed by atoms with Gasteiger partial charge in [0.1, 0.15) is 0 Å². The van der Waals surface area contributed by atoms with Gasteiger partial charge in [-0.1, -0.05) is 11.6 Å². The molecule has 6 heteroatoms. The molecule has 31 heavy (non-hydrogen) atoms. The summed E-state index contributed by atoms with van der Waals surface area (Å²) in [6.07, 6.45) is 8.40. The minimum atomic E-state index is -0.138. The Bertz CT molecular complexity index is 1020. The molecule has 164 valence electrons. The summed E-state index contributed by atoms with van der Waals surface area (Å²) in [5.74, 6) is 2.60. The maximum absolute atomic E-state index is 13.1. The molecule has 0 atom stereocenters. The Morgan fingerprint density at radius 2 is 1.84 bits per heavy atom. The number of carbonyl (C=O) groups is 2. The average molecular weight is 440 g/mol. The molecule has 4 saturated carbocycles. The molecule has 7 rings (SSSR count). The number of halogens is 1. The van der Waals surface area contributed by atoms with E-state index >= 15 is 0 Å². The standard InChI is InChI=1S/C25H30ClN3O2/c26-18-1-2-21-19(10-18)20-14-29(6-4-22(20)28-21)23(30)3-5-27-24(31)25-11-15-7-16(12-25)9-17(8-15)13-25/h1-2,10,15-17,28H,3-9,11-14H2,(H,27,31). The average Bonchev–Trinajstić information content (AvgIpc) is 3.09. The van der Waals surface area contributed by atoms with Crippen LogP contribution in [0.3, 0.4) is 0 Å². The van der Waals surface area contributed by atoms with Crippen molar-refractivity contribution >= 4 is 34.3 Å². The molecule has 1 aromatic carbocycles. The summed E-state index contributed by atoms with van der Waals surface area (Å²) in [7, 11) is 0. The van der Waals surface area contributed by atoms with Crippen LogP contribution in [-0.4, -0.2) is 34.8 Å². The highest BCUT2D eigenvalue weighted by Crippen LogP contribution is 2.60. The second kappa shape index (κ2) is 7.26. The number of benzene rings is 1. The van der Waals surface area contributed by atoms with Gasteiger partial charge >= 0.3 is 0 Å². The van der Waals surface area contributed by atoms with Gasteiger partial charge in [-0.3, -0.25) is 9.59 Å². The lowest BCUT2D eigenvalue weighted by Gasteiger charge is -2.55. The van der Waals surface area contributed by atoms with Gasteiger partial charge in [0.25, 0.3) is 0 Å². The number of aromatic nitrogens is 1. The lowest BCUT2D eigenvalue weighted by atomic mass is 9.49. The van der Waals surface area contributed by atoms with Crippen molar-refractivity contribution in [1.82, 2.24) is 15.2 Å². The zero-order valence-electron chi connectivity index (χ0n) is 17.9. The first-order chi connectivity index (χ1) is 15.0. The quantitative estimate of drug-likeness (QED) is 0.740. The highest BCUT2D eigenvalue weighted by Gasteiger charge is 2.54. The normalized spacial score (nSPS) is 31.1. The van der Waals surface area contributed by atoms with E-state index < -0.39 is 0 Å². The molecule has 2 aromatic rings. The molecule has 0 radical (unpaired) electrons.